The molecule has 17 heavy (non-hydrogen) atoms. The summed E-state index contributed by atoms with van der Waals surface area (Å²) in [5.41, 5.74) is 2.10. The van der Waals surface area contributed by atoms with Crippen molar-refractivity contribution in [1.82, 2.24) is 5.32 Å². The summed E-state index contributed by atoms with van der Waals surface area (Å²) in [5, 5.41) is 3.82. The standard InChI is InChI=1S/C13H14ClNO.ClH/c1-9-11(4-3-5-12(9)14)13-7-6-10(16-13)8-15-2;/h3-7,15H,8H2,1-2H3;1H/p-1. The third-order valence-electron chi connectivity index (χ3n) is 2.55. The van der Waals surface area contributed by atoms with E-state index in [4.69, 9.17) is 16.0 Å². The molecule has 0 aliphatic rings. The molecule has 0 spiro atoms. The van der Waals surface area contributed by atoms with Crippen molar-refractivity contribution in [2.45, 2.75) is 13.5 Å². The summed E-state index contributed by atoms with van der Waals surface area (Å²) in [6, 6.07) is 9.80. The Morgan fingerprint density at radius 3 is 2.71 bits per heavy atom. The van der Waals surface area contributed by atoms with E-state index < -0.39 is 0 Å². The van der Waals surface area contributed by atoms with Gasteiger partial charge in [0, 0.05) is 10.6 Å². The normalized spacial score (nSPS) is 10.1. The van der Waals surface area contributed by atoms with Crippen LogP contribution in [-0.2, 0) is 6.54 Å². The highest BCUT2D eigenvalue weighted by molar-refractivity contribution is 6.31. The van der Waals surface area contributed by atoms with Crippen LogP contribution in [-0.4, -0.2) is 7.05 Å². The van der Waals surface area contributed by atoms with Crippen molar-refractivity contribution in [3.63, 3.8) is 0 Å². The van der Waals surface area contributed by atoms with E-state index in [1.807, 2.05) is 44.3 Å². The van der Waals surface area contributed by atoms with Crippen LogP contribution in [0.4, 0.5) is 0 Å². The fraction of sp³-hybridized carbons (Fsp3) is 0.231. The maximum absolute atomic E-state index is 6.08. The lowest BCUT2D eigenvalue weighted by atomic mass is 10.1. The van der Waals surface area contributed by atoms with Gasteiger partial charge in [-0.2, -0.15) is 0 Å². The van der Waals surface area contributed by atoms with Crippen molar-refractivity contribution in [3.8, 4) is 11.3 Å². The topological polar surface area (TPSA) is 25.2 Å². The zero-order valence-corrected chi connectivity index (χ0v) is 11.3. The Morgan fingerprint density at radius 1 is 1.24 bits per heavy atom. The molecule has 92 valence electrons. The monoisotopic (exact) mass is 270 g/mol. The second-order valence-electron chi connectivity index (χ2n) is 3.71. The molecular formula is C13H14Cl2NO-. The molecule has 0 unspecified atom stereocenters. The lowest BCUT2D eigenvalue weighted by Crippen LogP contribution is -3.00. The highest BCUT2D eigenvalue weighted by Crippen LogP contribution is 2.29. The molecule has 2 aromatic rings. The molecule has 2 rings (SSSR count). The molecule has 1 heterocycles. The van der Waals surface area contributed by atoms with E-state index in [-0.39, 0.29) is 12.4 Å². The Balaban J connectivity index is 0.00000144. The molecule has 0 saturated heterocycles. The first-order chi connectivity index (χ1) is 7.72. The molecule has 0 bridgehead atoms. The van der Waals surface area contributed by atoms with Crippen molar-refractivity contribution in [2.24, 2.45) is 0 Å². The number of hydrogen-bond donors (Lipinski definition) is 1. The van der Waals surface area contributed by atoms with Crippen LogP contribution in [0.15, 0.2) is 34.7 Å². The van der Waals surface area contributed by atoms with E-state index in [0.717, 1.165) is 34.2 Å². The first-order valence-electron chi connectivity index (χ1n) is 5.21. The van der Waals surface area contributed by atoms with E-state index in [2.05, 4.69) is 5.32 Å². The summed E-state index contributed by atoms with van der Waals surface area (Å²) in [5.74, 6) is 1.79. The molecule has 0 amide bonds. The highest BCUT2D eigenvalue weighted by Gasteiger charge is 2.08. The van der Waals surface area contributed by atoms with Crippen molar-refractivity contribution in [2.75, 3.05) is 7.05 Å². The van der Waals surface area contributed by atoms with E-state index in [9.17, 15) is 0 Å². The average Bonchev–Trinajstić information content (AvgIpc) is 2.71. The maximum Gasteiger partial charge on any atom is 0.134 e. The SMILES string of the molecule is CNCc1ccc(-c2cccc(Cl)c2C)o1.[Cl-]. The lowest BCUT2D eigenvalue weighted by molar-refractivity contribution is -0.00000383. The highest BCUT2D eigenvalue weighted by atomic mass is 35.5. The van der Waals surface area contributed by atoms with Crippen LogP contribution in [0.2, 0.25) is 5.02 Å². The van der Waals surface area contributed by atoms with Crippen LogP contribution in [0.1, 0.15) is 11.3 Å². The van der Waals surface area contributed by atoms with Gasteiger partial charge in [-0.3, -0.25) is 0 Å². The second-order valence-corrected chi connectivity index (χ2v) is 4.12. The van der Waals surface area contributed by atoms with Crippen LogP contribution in [0, 0.1) is 6.92 Å². The molecule has 4 heteroatoms. The van der Waals surface area contributed by atoms with E-state index in [1.165, 1.54) is 0 Å². The molecular weight excluding hydrogens is 257 g/mol. The lowest BCUT2D eigenvalue weighted by Gasteiger charge is -2.04. The zero-order valence-electron chi connectivity index (χ0n) is 9.76. The minimum atomic E-state index is 0. The fourth-order valence-electron chi connectivity index (χ4n) is 1.67. The predicted molar refractivity (Wildman–Crippen MR) is 66.7 cm³/mol. The minimum Gasteiger partial charge on any atom is -1.00 e. The van der Waals surface area contributed by atoms with Gasteiger partial charge in [-0.05, 0) is 37.7 Å². The number of furan rings is 1. The molecule has 2 nitrogen and oxygen atoms in total. The van der Waals surface area contributed by atoms with Crippen molar-refractivity contribution < 1.29 is 16.8 Å². The third kappa shape index (κ3) is 3.03. The maximum atomic E-state index is 6.08. The van der Waals surface area contributed by atoms with Crippen LogP contribution in [0.3, 0.4) is 0 Å². The first-order valence-corrected chi connectivity index (χ1v) is 5.59. The minimum absolute atomic E-state index is 0. The largest absolute Gasteiger partial charge is 1.00 e. The Morgan fingerprint density at radius 2 is 2.00 bits per heavy atom. The van der Waals surface area contributed by atoms with Gasteiger partial charge in [0.1, 0.15) is 11.5 Å². The van der Waals surface area contributed by atoms with Gasteiger partial charge in [-0.1, -0.05) is 23.7 Å². The van der Waals surface area contributed by atoms with Gasteiger partial charge in [0.15, 0.2) is 0 Å². The van der Waals surface area contributed by atoms with Crippen LogP contribution in [0.25, 0.3) is 11.3 Å². The van der Waals surface area contributed by atoms with Crippen molar-refractivity contribution in [1.29, 1.82) is 0 Å². The predicted octanol–water partition coefficient (Wildman–Crippen LogP) is 0.632. The van der Waals surface area contributed by atoms with Crippen LogP contribution in [0.5, 0.6) is 0 Å². The molecule has 1 aromatic heterocycles. The fourth-order valence-corrected chi connectivity index (χ4v) is 1.84. The molecule has 0 fully saturated rings. The Labute approximate surface area is 112 Å². The Kier molecular flexibility index (Phi) is 5.06. The molecule has 1 aromatic carbocycles. The summed E-state index contributed by atoms with van der Waals surface area (Å²) in [6.07, 6.45) is 0. The second kappa shape index (κ2) is 6.10. The molecule has 0 saturated carbocycles. The molecule has 0 atom stereocenters. The van der Waals surface area contributed by atoms with Gasteiger partial charge in [0.05, 0.1) is 6.54 Å². The number of hydrogen-bond acceptors (Lipinski definition) is 2. The number of rotatable bonds is 3. The molecule has 0 aliphatic carbocycles. The van der Waals surface area contributed by atoms with E-state index in [0.29, 0.717) is 0 Å². The summed E-state index contributed by atoms with van der Waals surface area (Å²) in [4.78, 5) is 0. The zero-order chi connectivity index (χ0) is 11.5. The Bertz CT molecular complexity index is 494. The Hall–Kier alpha value is -0.960. The van der Waals surface area contributed by atoms with E-state index in [1.54, 1.807) is 0 Å². The van der Waals surface area contributed by atoms with Gasteiger partial charge in [0.2, 0.25) is 0 Å². The quantitative estimate of drug-likeness (QED) is 0.886. The summed E-state index contributed by atoms with van der Waals surface area (Å²) >= 11 is 6.08. The van der Waals surface area contributed by atoms with Gasteiger partial charge in [-0.15, -0.1) is 0 Å². The van der Waals surface area contributed by atoms with Gasteiger partial charge in [0.25, 0.3) is 0 Å². The smallest absolute Gasteiger partial charge is 0.134 e. The van der Waals surface area contributed by atoms with Gasteiger partial charge < -0.3 is 22.1 Å². The summed E-state index contributed by atoms with van der Waals surface area (Å²) < 4.78 is 5.72. The van der Waals surface area contributed by atoms with Crippen molar-refractivity contribution in [3.05, 3.63) is 46.7 Å². The molecule has 1 N–H and O–H groups in total. The van der Waals surface area contributed by atoms with Gasteiger partial charge >= 0.3 is 0 Å². The van der Waals surface area contributed by atoms with E-state index >= 15 is 0 Å². The molecule has 0 aliphatic heterocycles. The number of benzene rings is 1. The van der Waals surface area contributed by atoms with Gasteiger partial charge in [-0.25, -0.2) is 0 Å². The van der Waals surface area contributed by atoms with Crippen molar-refractivity contribution >= 4 is 11.6 Å². The number of nitrogens with one attached hydrogen (secondary N) is 1. The first kappa shape index (κ1) is 14.1. The third-order valence-corrected chi connectivity index (χ3v) is 2.96. The number of halogens is 2. The average molecular weight is 271 g/mol. The molecule has 0 radical (unpaired) electrons. The van der Waals surface area contributed by atoms with Crippen LogP contribution < -0.4 is 17.7 Å². The summed E-state index contributed by atoms with van der Waals surface area (Å²) in [6.45, 7) is 2.73. The van der Waals surface area contributed by atoms with Crippen LogP contribution >= 0.6 is 11.6 Å². The summed E-state index contributed by atoms with van der Waals surface area (Å²) in [7, 11) is 1.90.